The largest absolute Gasteiger partial charge is 0.378 e. The number of anilines is 2. The molecule has 2 aromatic carbocycles. The number of benzene rings is 2. The van der Waals surface area contributed by atoms with Crippen molar-refractivity contribution < 1.29 is 23.5 Å². The molecule has 33 heavy (non-hydrogen) atoms. The molecule has 0 unspecified atom stereocenters. The first kappa shape index (κ1) is 22.4. The van der Waals surface area contributed by atoms with Crippen LogP contribution in [-0.4, -0.2) is 58.9 Å². The van der Waals surface area contributed by atoms with Crippen LogP contribution < -0.4 is 10.6 Å². The van der Waals surface area contributed by atoms with Crippen molar-refractivity contribution in [3.8, 4) is 0 Å². The highest BCUT2D eigenvalue weighted by Gasteiger charge is 2.26. The molecule has 0 atom stereocenters. The third-order valence-corrected chi connectivity index (χ3v) is 5.26. The summed E-state index contributed by atoms with van der Waals surface area (Å²) < 4.78 is 18.4. The molecule has 2 heterocycles. The second-order valence-corrected chi connectivity index (χ2v) is 7.55. The maximum atomic E-state index is 13.2. The van der Waals surface area contributed by atoms with Gasteiger partial charge < -0.3 is 25.3 Å². The first-order valence-corrected chi connectivity index (χ1v) is 10.4. The van der Waals surface area contributed by atoms with Gasteiger partial charge in [-0.1, -0.05) is 11.6 Å². The molecule has 1 saturated heterocycles. The number of halogens is 2. The van der Waals surface area contributed by atoms with Crippen molar-refractivity contribution in [2.24, 2.45) is 0 Å². The molecule has 0 radical (unpaired) electrons. The fraction of sp³-hybridized carbons (Fsp3) is 0.182. The Hall–Kier alpha value is -3.76. The van der Waals surface area contributed by atoms with Crippen LogP contribution in [0.2, 0.25) is 5.02 Å². The number of ether oxygens (including phenoxy) is 1. The van der Waals surface area contributed by atoms with Gasteiger partial charge in [0.15, 0.2) is 5.69 Å². The van der Waals surface area contributed by atoms with Crippen LogP contribution in [0.15, 0.2) is 48.8 Å². The number of H-pyrrole nitrogens is 1. The number of morpholine rings is 1. The first-order chi connectivity index (χ1) is 15.9. The highest BCUT2D eigenvalue weighted by atomic mass is 35.5. The normalized spacial score (nSPS) is 13.5. The third-order valence-electron chi connectivity index (χ3n) is 4.94. The quantitative estimate of drug-likeness (QED) is 0.528. The summed E-state index contributed by atoms with van der Waals surface area (Å²) in [4.78, 5) is 46.0. The molecule has 3 N–H and O–H groups in total. The molecule has 170 valence electrons. The molecule has 4 rings (SSSR count). The van der Waals surface area contributed by atoms with E-state index < -0.39 is 17.6 Å². The zero-order chi connectivity index (χ0) is 23.4. The lowest BCUT2D eigenvalue weighted by Crippen LogP contribution is -2.41. The van der Waals surface area contributed by atoms with E-state index >= 15 is 0 Å². The minimum atomic E-state index is -0.538. The van der Waals surface area contributed by atoms with Crippen LogP contribution in [0.25, 0.3) is 0 Å². The Balaban J connectivity index is 1.40. The van der Waals surface area contributed by atoms with Gasteiger partial charge in [0.2, 0.25) is 0 Å². The minimum Gasteiger partial charge on any atom is -0.378 e. The molecule has 3 aromatic rings. The number of imidazole rings is 1. The number of carbonyl (C=O) groups excluding carboxylic acids is 3. The maximum Gasteiger partial charge on any atom is 0.275 e. The van der Waals surface area contributed by atoms with Gasteiger partial charge >= 0.3 is 0 Å². The standard InChI is InChI=1S/C22H19ClFN5O4/c23-17-11-13(24)1-6-16(17)20(30)27-14-2-4-15(5-3-14)28-21(31)18-19(26-12-25-18)22(32)29-7-9-33-10-8-29/h1-6,11-12H,7-10H2,(H,25,26)(H,27,30)(H,28,31). The van der Waals surface area contributed by atoms with E-state index in [1.807, 2.05) is 0 Å². The number of hydrogen-bond acceptors (Lipinski definition) is 5. The number of amides is 3. The Morgan fingerprint density at radius 3 is 2.27 bits per heavy atom. The van der Waals surface area contributed by atoms with E-state index in [1.165, 1.54) is 12.4 Å². The summed E-state index contributed by atoms with van der Waals surface area (Å²) in [6, 6.07) is 9.83. The van der Waals surface area contributed by atoms with Crippen LogP contribution in [0.3, 0.4) is 0 Å². The molecule has 9 nitrogen and oxygen atoms in total. The Bertz CT molecular complexity index is 1190. The van der Waals surface area contributed by atoms with E-state index in [1.54, 1.807) is 29.2 Å². The van der Waals surface area contributed by atoms with Crippen molar-refractivity contribution in [2.45, 2.75) is 0 Å². The fourth-order valence-electron chi connectivity index (χ4n) is 3.25. The average Bonchev–Trinajstić information content (AvgIpc) is 3.30. The minimum absolute atomic E-state index is 0.00151. The average molecular weight is 472 g/mol. The van der Waals surface area contributed by atoms with Gasteiger partial charge in [-0.2, -0.15) is 0 Å². The van der Waals surface area contributed by atoms with Crippen molar-refractivity contribution in [2.75, 3.05) is 36.9 Å². The number of aromatic amines is 1. The summed E-state index contributed by atoms with van der Waals surface area (Å²) in [6.07, 6.45) is 1.29. The second-order valence-electron chi connectivity index (χ2n) is 7.14. The molecular formula is C22H19ClFN5O4. The Kier molecular flexibility index (Phi) is 6.66. The molecule has 0 bridgehead atoms. The summed E-state index contributed by atoms with van der Waals surface area (Å²) in [7, 11) is 0. The van der Waals surface area contributed by atoms with Crippen LogP contribution in [0.4, 0.5) is 15.8 Å². The summed E-state index contributed by atoms with van der Waals surface area (Å²) in [5.41, 5.74) is 1.11. The van der Waals surface area contributed by atoms with Crippen LogP contribution >= 0.6 is 11.6 Å². The number of aromatic nitrogens is 2. The molecule has 1 aliphatic heterocycles. The van der Waals surface area contributed by atoms with Crippen LogP contribution in [0.1, 0.15) is 31.3 Å². The van der Waals surface area contributed by atoms with Crippen LogP contribution in [-0.2, 0) is 4.74 Å². The predicted octanol–water partition coefficient (Wildman–Crippen LogP) is 3.18. The van der Waals surface area contributed by atoms with E-state index in [4.69, 9.17) is 16.3 Å². The number of carbonyl (C=O) groups is 3. The van der Waals surface area contributed by atoms with Crippen molar-refractivity contribution >= 4 is 40.7 Å². The van der Waals surface area contributed by atoms with Gasteiger partial charge in [-0.15, -0.1) is 0 Å². The lowest BCUT2D eigenvalue weighted by Gasteiger charge is -2.26. The van der Waals surface area contributed by atoms with Crippen molar-refractivity contribution in [1.29, 1.82) is 0 Å². The summed E-state index contributed by atoms with van der Waals surface area (Å²) in [5, 5.41) is 5.34. The number of rotatable bonds is 5. The highest BCUT2D eigenvalue weighted by Crippen LogP contribution is 2.20. The Labute approximate surface area is 192 Å². The Morgan fingerprint density at radius 1 is 1.00 bits per heavy atom. The zero-order valence-corrected chi connectivity index (χ0v) is 18.0. The molecule has 1 aliphatic rings. The predicted molar refractivity (Wildman–Crippen MR) is 119 cm³/mol. The van der Waals surface area contributed by atoms with Gasteiger partial charge in [-0.3, -0.25) is 14.4 Å². The molecular weight excluding hydrogens is 453 g/mol. The molecule has 11 heteroatoms. The monoisotopic (exact) mass is 471 g/mol. The van der Waals surface area contributed by atoms with Crippen molar-refractivity contribution in [1.82, 2.24) is 14.9 Å². The van der Waals surface area contributed by atoms with Crippen molar-refractivity contribution in [3.63, 3.8) is 0 Å². The van der Waals surface area contributed by atoms with Gasteiger partial charge in [0.1, 0.15) is 11.5 Å². The van der Waals surface area contributed by atoms with Gasteiger partial charge in [0.25, 0.3) is 17.7 Å². The van der Waals surface area contributed by atoms with E-state index in [-0.39, 0.29) is 27.9 Å². The fourth-order valence-corrected chi connectivity index (χ4v) is 3.50. The van der Waals surface area contributed by atoms with Crippen LogP contribution in [0, 0.1) is 5.82 Å². The van der Waals surface area contributed by atoms with Gasteiger partial charge in [-0.05, 0) is 42.5 Å². The van der Waals surface area contributed by atoms with Gasteiger partial charge in [0.05, 0.1) is 30.1 Å². The first-order valence-electron chi connectivity index (χ1n) is 10.0. The zero-order valence-electron chi connectivity index (χ0n) is 17.2. The Morgan fingerprint density at radius 2 is 1.64 bits per heavy atom. The topological polar surface area (TPSA) is 116 Å². The van der Waals surface area contributed by atoms with Crippen LogP contribution in [0.5, 0.6) is 0 Å². The SMILES string of the molecule is O=C(Nc1ccc(NC(=O)c2[nH]cnc2C(=O)N2CCOCC2)cc1)c1ccc(F)cc1Cl. The van der Waals surface area contributed by atoms with E-state index in [2.05, 4.69) is 20.6 Å². The third kappa shape index (κ3) is 5.18. The molecule has 1 aromatic heterocycles. The maximum absolute atomic E-state index is 13.2. The molecule has 3 amide bonds. The number of nitrogens with zero attached hydrogens (tertiary/aromatic N) is 2. The summed E-state index contributed by atoms with van der Waals surface area (Å²) >= 11 is 5.92. The molecule has 0 saturated carbocycles. The van der Waals surface area contributed by atoms with Gasteiger partial charge in [-0.25, -0.2) is 9.37 Å². The van der Waals surface area contributed by atoms with E-state index in [9.17, 15) is 18.8 Å². The summed E-state index contributed by atoms with van der Waals surface area (Å²) in [5.74, 6) is -1.91. The van der Waals surface area contributed by atoms with Gasteiger partial charge in [0, 0.05) is 24.5 Å². The molecule has 1 fully saturated rings. The van der Waals surface area contributed by atoms with E-state index in [0.717, 1.165) is 12.1 Å². The highest BCUT2D eigenvalue weighted by molar-refractivity contribution is 6.34. The lowest BCUT2D eigenvalue weighted by atomic mass is 10.2. The molecule has 0 spiro atoms. The number of hydrogen-bond donors (Lipinski definition) is 3. The smallest absolute Gasteiger partial charge is 0.275 e. The summed E-state index contributed by atoms with van der Waals surface area (Å²) in [6.45, 7) is 1.74. The molecule has 0 aliphatic carbocycles. The number of nitrogens with one attached hydrogen (secondary N) is 3. The van der Waals surface area contributed by atoms with Crippen molar-refractivity contribution in [3.05, 3.63) is 76.6 Å². The van der Waals surface area contributed by atoms with E-state index in [0.29, 0.717) is 37.7 Å². The second kappa shape index (κ2) is 9.80. The lowest BCUT2D eigenvalue weighted by molar-refractivity contribution is 0.0298.